The highest BCUT2D eigenvalue weighted by Crippen LogP contribution is 2.44. The minimum absolute atomic E-state index is 0.292. The number of benzene rings is 2. The Morgan fingerprint density at radius 1 is 1.16 bits per heavy atom. The average Bonchev–Trinajstić information content (AvgIpc) is 2.88. The molecule has 1 unspecified atom stereocenters. The number of nitrogens with zero attached hydrogens (tertiary/aromatic N) is 1. The van der Waals surface area contributed by atoms with Crippen molar-refractivity contribution >= 4 is 23.4 Å². The molecular weight excluding hydrogens is 492 g/mol. The second-order valence-corrected chi connectivity index (χ2v) is 9.58. The zero-order chi connectivity index (χ0) is 27.8. The van der Waals surface area contributed by atoms with Crippen molar-refractivity contribution in [1.29, 1.82) is 0 Å². The van der Waals surface area contributed by atoms with Crippen LogP contribution in [0.5, 0.6) is 11.5 Å². The van der Waals surface area contributed by atoms with Crippen LogP contribution in [-0.4, -0.2) is 32.1 Å². The van der Waals surface area contributed by atoms with Crippen LogP contribution in [0, 0.1) is 20.8 Å². The minimum Gasteiger partial charge on any atom is -0.488 e. The van der Waals surface area contributed by atoms with Gasteiger partial charge in [-0.1, -0.05) is 30.3 Å². The Morgan fingerprint density at radius 2 is 1.84 bits per heavy atom. The van der Waals surface area contributed by atoms with E-state index in [1.807, 2.05) is 51.1 Å². The number of carboxylic acids is 1. The Balaban J connectivity index is 1.62. The van der Waals surface area contributed by atoms with E-state index in [1.54, 1.807) is 6.92 Å². The number of carbonyl (C=O) groups is 2. The second-order valence-electron chi connectivity index (χ2n) is 9.58. The van der Waals surface area contributed by atoms with Gasteiger partial charge in [0, 0.05) is 12.0 Å². The number of aliphatic carboxylic acids is 1. The third-order valence-electron chi connectivity index (χ3n) is 6.94. The molecule has 0 saturated carbocycles. The van der Waals surface area contributed by atoms with Gasteiger partial charge in [0.15, 0.2) is 5.60 Å². The number of hydrogen-bond donors (Lipinski definition) is 4. The van der Waals surface area contributed by atoms with Gasteiger partial charge in [-0.2, -0.15) is 0 Å². The number of nitrogens with two attached hydrogens (primary N) is 1. The van der Waals surface area contributed by atoms with Crippen molar-refractivity contribution in [2.45, 2.75) is 59.3 Å². The van der Waals surface area contributed by atoms with E-state index in [0.29, 0.717) is 29.8 Å². The van der Waals surface area contributed by atoms with Gasteiger partial charge in [-0.15, -0.1) is 0 Å². The fraction of sp³-hybridized carbons (Fsp3) is 0.333. The summed E-state index contributed by atoms with van der Waals surface area (Å²) in [6.45, 7) is 6.93. The van der Waals surface area contributed by atoms with Crippen LogP contribution >= 0.6 is 0 Å². The number of amides is 1. The van der Waals surface area contributed by atoms with Crippen LogP contribution in [0.2, 0.25) is 0 Å². The molecule has 0 bridgehead atoms. The highest BCUT2D eigenvalue weighted by atomic mass is 16.5. The highest BCUT2D eigenvalue weighted by Gasteiger charge is 2.41. The Hall–Kier alpha value is -4.54. The van der Waals surface area contributed by atoms with E-state index >= 15 is 0 Å². The molecule has 0 aliphatic carbocycles. The van der Waals surface area contributed by atoms with E-state index in [2.05, 4.69) is 10.3 Å². The molecule has 11 heteroatoms. The molecule has 2 heterocycles. The predicted molar refractivity (Wildman–Crippen MR) is 141 cm³/mol. The zero-order valence-electron chi connectivity index (χ0n) is 21.6. The summed E-state index contributed by atoms with van der Waals surface area (Å²) in [4.78, 5) is 51.4. The van der Waals surface area contributed by atoms with Gasteiger partial charge in [0.1, 0.15) is 36.2 Å². The molecule has 1 aliphatic rings. The number of nitrogen functional groups attached to an aromatic ring is 1. The smallest absolute Gasteiger partial charge is 0.330 e. The number of carboxylic acid groups (broad SMARTS) is 1. The summed E-state index contributed by atoms with van der Waals surface area (Å²) in [5.41, 5.74) is 6.63. The molecular formula is C27H30N4O7. The largest absolute Gasteiger partial charge is 0.488 e. The first-order chi connectivity index (χ1) is 17.9. The third kappa shape index (κ3) is 4.86. The topological polar surface area (TPSA) is 166 Å². The molecule has 11 nitrogen and oxygen atoms in total. The maximum absolute atomic E-state index is 13.4. The number of rotatable bonds is 7. The number of H-pyrrole nitrogens is 1. The fourth-order valence-corrected chi connectivity index (χ4v) is 4.57. The molecule has 0 spiro atoms. The van der Waals surface area contributed by atoms with Gasteiger partial charge in [0.05, 0.1) is 0 Å². The van der Waals surface area contributed by atoms with Crippen LogP contribution in [0.3, 0.4) is 0 Å². The molecule has 3 aromatic rings. The Kier molecular flexibility index (Phi) is 7.03. The SMILES string of the molecule is Cc1c(C)c2c(c(C)c1OCc1ccccc1)CCC(C)(C(=O)Nc1c(N)[nH]c(=O)n(CC(=O)O)c1=O)O2. The van der Waals surface area contributed by atoms with E-state index < -0.39 is 41.0 Å². The molecule has 1 aliphatic heterocycles. The lowest BCUT2D eigenvalue weighted by Crippen LogP contribution is -2.49. The number of hydrogen-bond acceptors (Lipinski definition) is 7. The maximum atomic E-state index is 13.4. The summed E-state index contributed by atoms with van der Waals surface area (Å²) < 4.78 is 12.9. The lowest BCUT2D eigenvalue weighted by Gasteiger charge is -2.37. The van der Waals surface area contributed by atoms with Gasteiger partial charge in [-0.25, -0.2) is 9.36 Å². The molecule has 200 valence electrons. The number of aromatic nitrogens is 2. The Labute approximate surface area is 218 Å². The summed E-state index contributed by atoms with van der Waals surface area (Å²) in [5.74, 6) is -1.07. The van der Waals surface area contributed by atoms with Crippen molar-refractivity contribution in [3.63, 3.8) is 0 Å². The predicted octanol–water partition coefficient (Wildman–Crippen LogP) is 2.43. The molecule has 0 radical (unpaired) electrons. The summed E-state index contributed by atoms with van der Waals surface area (Å²) in [7, 11) is 0. The fourth-order valence-electron chi connectivity index (χ4n) is 4.57. The van der Waals surface area contributed by atoms with Gasteiger partial charge in [0.25, 0.3) is 11.5 Å². The van der Waals surface area contributed by atoms with Crippen molar-refractivity contribution in [3.05, 3.63) is 79.0 Å². The number of fused-ring (bicyclic) bond motifs is 1. The van der Waals surface area contributed by atoms with Gasteiger partial charge >= 0.3 is 11.7 Å². The van der Waals surface area contributed by atoms with Crippen LogP contribution in [0.25, 0.3) is 0 Å². The van der Waals surface area contributed by atoms with Crippen molar-refractivity contribution in [2.75, 3.05) is 11.1 Å². The van der Waals surface area contributed by atoms with E-state index in [4.69, 9.17) is 20.3 Å². The number of aromatic amines is 1. The average molecular weight is 523 g/mol. The van der Waals surface area contributed by atoms with Gasteiger partial charge in [0.2, 0.25) is 0 Å². The molecule has 38 heavy (non-hydrogen) atoms. The van der Waals surface area contributed by atoms with Crippen molar-refractivity contribution in [3.8, 4) is 11.5 Å². The molecule has 5 N–H and O–H groups in total. The molecule has 1 amide bonds. The Morgan fingerprint density at radius 3 is 2.50 bits per heavy atom. The summed E-state index contributed by atoms with van der Waals surface area (Å²) in [5, 5.41) is 11.5. The van der Waals surface area contributed by atoms with Gasteiger partial charge < -0.3 is 25.6 Å². The third-order valence-corrected chi connectivity index (χ3v) is 6.94. The van der Waals surface area contributed by atoms with Gasteiger partial charge in [-0.05, 0) is 56.4 Å². The standard InChI is InChI=1S/C27H30N4O7/c1-14-15(2)22-18(16(3)21(14)37-13-17-8-6-5-7-9-17)10-11-27(4,38-22)25(35)29-20-23(28)30-26(36)31(24(20)34)12-19(32)33/h5-9H,10-13,28H2,1-4H3,(H,29,35)(H,30,36)(H,32,33). The highest BCUT2D eigenvalue weighted by molar-refractivity contribution is 5.99. The van der Waals surface area contributed by atoms with Crippen LogP contribution in [0.4, 0.5) is 11.5 Å². The van der Waals surface area contributed by atoms with Crippen LogP contribution < -0.4 is 31.8 Å². The second kappa shape index (κ2) is 10.1. The summed E-state index contributed by atoms with van der Waals surface area (Å²) in [6.07, 6.45) is 0.804. The molecule has 0 saturated heterocycles. The van der Waals surface area contributed by atoms with E-state index in [1.165, 1.54) is 0 Å². The molecule has 2 aromatic carbocycles. The molecule has 1 atom stereocenters. The normalized spacial score (nSPS) is 16.3. The number of nitrogens with one attached hydrogen (secondary N) is 2. The quantitative estimate of drug-likeness (QED) is 0.367. The lowest BCUT2D eigenvalue weighted by molar-refractivity contribution is -0.137. The van der Waals surface area contributed by atoms with Crippen LogP contribution in [-0.2, 0) is 29.2 Å². The first-order valence-corrected chi connectivity index (χ1v) is 12.1. The number of ether oxygens (including phenoxy) is 2. The molecule has 0 fully saturated rings. The van der Waals surface area contributed by atoms with E-state index in [-0.39, 0.29) is 5.82 Å². The maximum Gasteiger partial charge on any atom is 0.330 e. The monoisotopic (exact) mass is 522 g/mol. The van der Waals surface area contributed by atoms with Crippen molar-refractivity contribution in [1.82, 2.24) is 9.55 Å². The first kappa shape index (κ1) is 26.5. The summed E-state index contributed by atoms with van der Waals surface area (Å²) in [6, 6.07) is 9.85. The van der Waals surface area contributed by atoms with E-state index in [0.717, 1.165) is 33.6 Å². The van der Waals surface area contributed by atoms with Gasteiger partial charge in [-0.3, -0.25) is 19.4 Å². The Bertz CT molecular complexity index is 1540. The molecule has 1 aromatic heterocycles. The number of anilines is 2. The van der Waals surface area contributed by atoms with Crippen molar-refractivity contribution in [2.24, 2.45) is 0 Å². The zero-order valence-corrected chi connectivity index (χ0v) is 21.6. The van der Waals surface area contributed by atoms with Crippen LogP contribution in [0.1, 0.15) is 41.2 Å². The van der Waals surface area contributed by atoms with Crippen molar-refractivity contribution < 1.29 is 24.2 Å². The minimum atomic E-state index is -1.40. The lowest BCUT2D eigenvalue weighted by atomic mass is 9.86. The first-order valence-electron chi connectivity index (χ1n) is 12.1. The van der Waals surface area contributed by atoms with E-state index in [9.17, 15) is 19.2 Å². The number of carbonyl (C=O) groups excluding carboxylic acids is 1. The van der Waals surface area contributed by atoms with Crippen LogP contribution in [0.15, 0.2) is 39.9 Å². The summed E-state index contributed by atoms with van der Waals surface area (Å²) >= 11 is 0. The molecule has 4 rings (SSSR count).